The largest absolute Gasteiger partial charge is 0.492 e. The van der Waals surface area contributed by atoms with Crippen molar-refractivity contribution in [3.63, 3.8) is 0 Å². The molecule has 0 aliphatic carbocycles. The first-order valence-corrected chi connectivity index (χ1v) is 11.3. The van der Waals surface area contributed by atoms with Gasteiger partial charge in [-0.3, -0.25) is 14.2 Å². The number of hydrogen-bond acceptors (Lipinski definition) is 5. The molecule has 2 N–H and O–H groups in total. The summed E-state index contributed by atoms with van der Waals surface area (Å²) in [6.07, 6.45) is 0. The van der Waals surface area contributed by atoms with E-state index in [2.05, 4.69) is 25.1 Å². The van der Waals surface area contributed by atoms with Gasteiger partial charge in [-0.05, 0) is 18.2 Å². The Labute approximate surface area is 193 Å². The molecule has 7 nitrogen and oxygen atoms in total. The van der Waals surface area contributed by atoms with E-state index in [4.69, 9.17) is 20.2 Å². The quantitative estimate of drug-likeness (QED) is 0.588. The van der Waals surface area contributed by atoms with Gasteiger partial charge < -0.3 is 15.2 Å². The fourth-order valence-corrected chi connectivity index (χ4v) is 4.74. The fourth-order valence-electron chi connectivity index (χ4n) is 4.74. The lowest BCUT2D eigenvalue weighted by Crippen LogP contribution is -2.38. The van der Waals surface area contributed by atoms with Crippen molar-refractivity contribution < 1.29 is 14.3 Å². The molecule has 2 aromatic carbocycles. The highest BCUT2D eigenvalue weighted by Crippen LogP contribution is 2.53. The smallest absolute Gasteiger partial charge is 0.254 e. The Hall–Kier alpha value is -3.26. The zero-order valence-corrected chi connectivity index (χ0v) is 19.1. The number of amides is 1. The minimum Gasteiger partial charge on any atom is -0.492 e. The number of aromatic nitrogens is 1. The molecule has 0 radical (unpaired) electrons. The maximum absolute atomic E-state index is 12.5. The van der Waals surface area contributed by atoms with Gasteiger partial charge in [0.05, 0.1) is 38.6 Å². The molecule has 0 spiro atoms. The van der Waals surface area contributed by atoms with Crippen molar-refractivity contribution in [3.8, 4) is 28.3 Å². The van der Waals surface area contributed by atoms with Crippen LogP contribution in [0.3, 0.4) is 0 Å². The van der Waals surface area contributed by atoms with Gasteiger partial charge in [-0.2, -0.15) is 0 Å². The van der Waals surface area contributed by atoms with Crippen LogP contribution in [0, 0.1) is 0 Å². The molecule has 1 aromatic heterocycles. The number of rotatable bonds is 6. The van der Waals surface area contributed by atoms with Crippen LogP contribution in [0.2, 0.25) is 0 Å². The van der Waals surface area contributed by atoms with Crippen molar-refractivity contribution in [1.29, 1.82) is 0 Å². The maximum atomic E-state index is 12.5. The van der Waals surface area contributed by atoms with Crippen LogP contribution in [0.1, 0.15) is 10.4 Å². The first-order chi connectivity index (χ1) is 15.9. The van der Waals surface area contributed by atoms with Crippen LogP contribution in [0.5, 0.6) is 5.75 Å². The number of hydrogen-bond donors (Lipinski definition) is 1. The van der Waals surface area contributed by atoms with Crippen LogP contribution in [-0.2, 0) is 4.74 Å². The zero-order valence-electron chi connectivity index (χ0n) is 19.1. The maximum Gasteiger partial charge on any atom is 0.254 e. The van der Waals surface area contributed by atoms with E-state index in [1.54, 1.807) is 0 Å². The van der Waals surface area contributed by atoms with Crippen LogP contribution >= 0.6 is 0 Å². The molecule has 170 valence electrons. The molecule has 1 fully saturated rings. The lowest BCUT2D eigenvalue weighted by atomic mass is 10.0. The van der Waals surface area contributed by atoms with Gasteiger partial charge in [0, 0.05) is 31.3 Å². The highest BCUT2D eigenvalue weighted by atomic mass is 16.5. The third-order valence-electron chi connectivity index (χ3n) is 6.49. The standard InChI is InChI=1S/C26H28N4O3/c1-30(2)23-16-19(33-15-12-29-10-13-32-14-11-29)8-9-20(23)24-25(30)21(26(27)31)17-22(28-24)18-6-4-3-5-7-18/h3-9,16-17H,10-15H2,1-2H3,(H-,27,31)/p+1. The third kappa shape index (κ3) is 3.99. The molecule has 0 unspecified atom stereocenters. The summed E-state index contributed by atoms with van der Waals surface area (Å²) >= 11 is 0. The summed E-state index contributed by atoms with van der Waals surface area (Å²) in [5.74, 6) is 0.358. The molecule has 0 bridgehead atoms. The summed E-state index contributed by atoms with van der Waals surface area (Å²) in [7, 11) is 4.11. The number of nitrogens with zero attached hydrogens (tertiary/aromatic N) is 3. The Kier molecular flexibility index (Phi) is 5.62. The Morgan fingerprint density at radius 1 is 1.12 bits per heavy atom. The first kappa shape index (κ1) is 21.6. The number of morpholine rings is 1. The summed E-state index contributed by atoms with van der Waals surface area (Å²) in [5.41, 5.74) is 11.7. The molecular weight excluding hydrogens is 416 g/mol. The van der Waals surface area contributed by atoms with Crippen LogP contribution in [0.25, 0.3) is 22.5 Å². The SMILES string of the molecule is C[N+]1(C)c2cc(OCCN3CCOCC3)ccc2-c2nc(-c3ccccc3)cc(C(N)=O)c21. The summed E-state index contributed by atoms with van der Waals surface area (Å²) in [6, 6.07) is 17.7. The molecular formula is C26H29N4O3+. The van der Waals surface area contributed by atoms with Crippen LogP contribution < -0.4 is 15.0 Å². The van der Waals surface area contributed by atoms with Crippen molar-refractivity contribution >= 4 is 17.3 Å². The van der Waals surface area contributed by atoms with Gasteiger partial charge in [-0.1, -0.05) is 30.3 Å². The minimum absolute atomic E-state index is 0.381. The predicted molar refractivity (Wildman–Crippen MR) is 130 cm³/mol. The van der Waals surface area contributed by atoms with E-state index in [9.17, 15) is 4.79 Å². The second kappa shape index (κ2) is 8.59. The van der Waals surface area contributed by atoms with Crippen molar-refractivity contribution in [2.75, 3.05) is 53.6 Å². The number of benzene rings is 2. The fraction of sp³-hybridized carbons (Fsp3) is 0.308. The molecule has 1 amide bonds. The van der Waals surface area contributed by atoms with E-state index in [1.807, 2.05) is 48.5 Å². The van der Waals surface area contributed by atoms with E-state index in [0.717, 1.165) is 72.5 Å². The van der Waals surface area contributed by atoms with Gasteiger partial charge in [0.15, 0.2) is 11.4 Å². The van der Waals surface area contributed by atoms with Gasteiger partial charge in [0.25, 0.3) is 5.91 Å². The van der Waals surface area contributed by atoms with E-state index < -0.39 is 5.91 Å². The van der Waals surface area contributed by atoms with Gasteiger partial charge in [-0.25, -0.2) is 4.98 Å². The van der Waals surface area contributed by atoms with E-state index >= 15 is 0 Å². The first-order valence-electron chi connectivity index (χ1n) is 11.3. The number of nitrogens with two attached hydrogens (primary N) is 1. The summed E-state index contributed by atoms with van der Waals surface area (Å²) < 4.78 is 11.9. The van der Waals surface area contributed by atoms with E-state index in [-0.39, 0.29) is 0 Å². The van der Waals surface area contributed by atoms with E-state index in [1.165, 1.54) is 0 Å². The van der Waals surface area contributed by atoms with Crippen molar-refractivity contribution in [2.45, 2.75) is 0 Å². The Bertz CT molecular complexity index is 1190. The topological polar surface area (TPSA) is 77.7 Å². The van der Waals surface area contributed by atoms with Crippen LogP contribution in [0.4, 0.5) is 11.4 Å². The number of carbonyl (C=O) groups excluding carboxylic acids is 1. The normalized spacial score (nSPS) is 16.8. The average Bonchev–Trinajstić information content (AvgIpc) is 3.06. The number of pyridine rings is 1. The molecule has 0 saturated carbocycles. The summed E-state index contributed by atoms with van der Waals surface area (Å²) in [4.78, 5) is 19.8. The Morgan fingerprint density at radius 2 is 1.88 bits per heavy atom. The second-order valence-electron chi connectivity index (χ2n) is 8.92. The van der Waals surface area contributed by atoms with Gasteiger partial charge in [0.2, 0.25) is 0 Å². The van der Waals surface area contributed by atoms with Crippen molar-refractivity contribution in [3.05, 3.63) is 60.2 Å². The van der Waals surface area contributed by atoms with Gasteiger partial charge >= 0.3 is 0 Å². The molecule has 0 atom stereocenters. The van der Waals surface area contributed by atoms with Crippen molar-refractivity contribution in [2.24, 2.45) is 5.73 Å². The number of primary amides is 1. The molecule has 3 aromatic rings. The highest BCUT2D eigenvalue weighted by Gasteiger charge is 2.42. The minimum atomic E-state index is -0.452. The molecule has 2 aliphatic heterocycles. The lowest BCUT2D eigenvalue weighted by Gasteiger charge is -2.27. The molecule has 1 saturated heterocycles. The zero-order chi connectivity index (χ0) is 23.0. The van der Waals surface area contributed by atoms with Crippen molar-refractivity contribution in [1.82, 2.24) is 14.4 Å². The summed E-state index contributed by atoms with van der Waals surface area (Å²) in [6.45, 7) is 4.93. The van der Waals surface area contributed by atoms with Gasteiger partial charge in [0.1, 0.15) is 23.6 Å². The van der Waals surface area contributed by atoms with Crippen LogP contribution in [-0.4, -0.2) is 69.3 Å². The number of quaternary nitrogens is 1. The van der Waals surface area contributed by atoms with Gasteiger partial charge in [-0.15, -0.1) is 0 Å². The molecule has 7 heteroatoms. The highest BCUT2D eigenvalue weighted by molar-refractivity contribution is 6.07. The molecule has 33 heavy (non-hydrogen) atoms. The number of fused-ring (bicyclic) bond motifs is 3. The Balaban J connectivity index is 1.48. The summed E-state index contributed by atoms with van der Waals surface area (Å²) in [5, 5.41) is 0. The monoisotopic (exact) mass is 445 g/mol. The van der Waals surface area contributed by atoms with Crippen LogP contribution in [0.15, 0.2) is 54.6 Å². The number of ether oxygens (including phenoxy) is 2. The molecule has 2 aliphatic rings. The number of carbonyl (C=O) groups is 1. The predicted octanol–water partition coefficient (Wildman–Crippen LogP) is 3.44. The average molecular weight is 446 g/mol. The molecule has 5 rings (SSSR count). The third-order valence-corrected chi connectivity index (χ3v) is 6.49. The lowest BCUT2D eigenvalue weighted by molar-refractivity contribution is 0.0322. The molecule has 3 heterocycles. The second-order valence-corrected chi connectivity index (χ2v) is 8.92. The van der Waals surface area contributed by atoms with E-state index in [0.29, 0.717) is 16.7 Å². The Morgan fingerprint density at radius 3 is 2.61 bits per heavy atom.